The summed E-state index contributed by atoms with van der Waals surface area (Å²) in [6.45, 7) is 2.77. The molecular formula is C11H14F3NO3S. The van der Waals surface area contributed by atoms with Gasteiger partial charge in [0.25, 0.3) is 0 Å². The van der Waals surface area contributed by atoms with E-state index in [1.807, 2.05) is 0 Å². The van der Waals surface area contributed by atoms with Crippen molar-refractivity contribution in [3.63, 3.8) is 0 Å². The molecule has 0 aliphatic carbocycles. The third-order valence-corrected chi connectivity index (χ3v) is 4.32. The first kappa shape index (κ1) is 15.9. The van der Waals surface area contributed by atoms with E-state index in [0.717, 1.165) is 0 Å². The SMILES string of the molecule is CC(CO)C(C)NS(=O)(=O)c1cc(F)c(F)cc1F. The molecule has 2 unspecified atom stereocenters. The van der Waals surface area contributed by atoms with Gasteiger partial charge in [0, 0.05) is 18.7 Å². The fraction of sp³-hybridized carbons (Fsp3) is 0.455. The predicted molar refractivity (Wildman–Crippen MR) is 62.3 cm³/mol. The van der Waals surface area contributed by atoms with Gasteiger partial charge in [0.2, 0.25) is 10.0 Å². The predicted octanol–water partition coefficient (Wildman–Crippen LogP) is 1.40. The highest BCUT2D eigenvalue weighted by Crippen LogP contribution is 2.19. The average Bonchev–Trinajstić information content (AvgIpc) is 2.31. The summed E-state index contributed by atoms with van der Waals surface area (Å²) in [5.41, 5.74) is 0. The Morgan fingerprint density at radius 2 is 1.68 bits per heavy atom. The molecule has 0 spiro atoms. The Labute approximate surface area is 109 Å². The first-order chi connectivity index (χ1) is 8.69. The molecule has 0 aliphatic heterocycles. The van der Waals surface area contributed by atoms with Crippen molar-refractivity contribution in [1.29, 1.82) is 0 Å². The topological polar surface area (TPSA) is 66.4 Å². The van der Waals surface area contributed by atoms with E-state index in [-0.39, 0.29) is 18.7 Å². The normalized spacial score (nSPS) is 15.3. The third-order valence-electron chi connectivity index (χ3n) is 2.75. The largest absolute Gasteiger partial charge is 0.396 e. The van der Waals surface area contributed by atoms with E-state index >= 15 is 0 Å². The third kappa shape index (κ3) is 3.68. The maximum absolute atomic E-state index is 13.4. The molecule has 0 aliphatic rings. The number of aliphatic hydroxyl groups is 1. The maximum Gasteiger partial charge on any atom is 0.243 e. The quantitative estimate of drug-likeness (QED) is 0.807. The minimum Gasteiger partial charge on any atom is -0.396 e. The lowest BCUT2D eigenvalue weighted by Gasteiger charge is -2.19. The van der Waals surface area contributed by atoms with Gasteiger partial charge in [-0.1, -0.05) is 6.92 Å². The molecule has 108 valence electrons. The fourth-order valence-corrected chi connectivity index (χ4v) is 2.72. The van der Waals surface area contributed by atoms with Crippen LogP contribution >= 0.6 is 0 Å². The van der Waals surface area contributed by atoms with Crippen molar-refractivity contribution >= 4 is 10.0 Å². The summed E-state index contributed by atoms with van der Waals surface area (Å²) in [6.07, 6.45) is 0. The molecular weight excluding hydrogens is 283 g/mol. The number of halogens is 3. The minimum atomic E-state index is -4.33. The van der Waals surface area contributed by atoms with Gasteiger partial charge in [0.05, 0.1) is 0 Å². The molecule has 0 heterocycles. The molecule has 2 N–H and O–H groups in total. The zero-order valence-electron chi connectivity index (χ0n) is 10.3. The molecule has 0 aromatic heterocycles. The van der Waals surface area contributed by atoms with Crippen LogP contribution in [-0.2, 0) is 10.0 Å². The molecule has 2 atom stereocenters. The van der Waals surface area contributed by atoms with Gasteiger partial charge >= 0.3 is 0 Å². The standard InChI is InChI=1S/C11H14F3NO3S/c1-6(5-16)7(2)15-19(17,18)11-4-9(13)8(12)3-10(11)14/h3-4,6-7,15-16H,5H2,1-2H3. The lowest BCUT2D eigenvalue weighted by atomic mass is 10.1. The maximum atomic E-state index is 13.4. The van der Waals surface area contributed by atoms with Crippen molar-refractivity contribution < 1.29 is 26.7 Å². The van der Waals surface area contributed by atoms with Crippen LogP contribution in [0.5, 0.6) is 0 Å². The molecule has 0 amide bonds. The van der Waals surface area contributed by atoms with Crippen molar-refractivity contribution in [3.05, 3.63) is 29.6 Å². The second kappa shape index (κ2) is 5.89. The van der Waals surface area contributed by atoms with E-state index in [0.29, 0.717) is 0 Å². The van der Waals surface area contributed by atoms with Crippen LogP contribution in [0.1, 0.15) is 13.8 Å². The van der Waals surface area contributed by atoms with Crippen LogP contribution in [0, 0.1) is 23.4 Å². The first-order valence-electron chi connectivity index (χ1n) is 5.46. The van der Waals surface area contributed by atoms with Crippen LogP contribution in [0.3, 0.4) is 0 Å². The zero-order valence-corrected chi connectivity index (χ0v) is 11.1. The summed E-state index contributed by atoms with van der Waals surface area (Å²) in [4.78, 5) is -0.969. The van der Waals surface area contributed by atoms with Gasteiger partial charge in [-0.15, -0.1) is 0 Å². The number of sulfonamides is 1. The summed E-state index contributed by atoms with van der Waals surface area (Å²) < 4.78 is 64.8. The van der Waals surface area contributed by atoms with Crippen LogP contribution < -0.4 is 4.72 Å². The van der Waals surface area contributed by atoms with Crippen molar-refractivity contribution in [2.45, 2.75) is 24.8 Å². The van der Waals surface area contributed by atoms with Crippen molar-refractivity contribution in [2.75, 3.05) is 6.61 Å². The zero-order chi connectivity index (χ0) is 14.8. The van der Waals surface area contributed by atoms with E-state index in [2.05, 4.69) is 4.72 Å². The Morgan fingerprint density at radius 1 is 1.16 bits per heavy atom. The van der Waals surface area contributed by atoms with E-state index in [1.54, 1.807) is 6.92 Å². The lowest BCUT2D eigenvalue weighted by Crippen LogP contribution is -2.38. The summed E-state index contributed by atoms with van der Waals surface area (Å²) in [5.74, 6) is -4.71. The first-order valence-corrected chi connectivity index (χ1v) is 6.95. The molecule has 4 nitrogen and oxygen atoms in total. The van der Waals surface area contributed by atoms with Gasteiger partial charge in [0.15, 0.2) is 11.6 Å². The molecule has 19 heavy (non-hydrogen) atoms. The van der Waals surface area contributed by atoms with E-state index in [4.69, 9.17) is 5.11 Å². The molecule has 0 saturated carbocycles. The molecule has 0 saturated heterocycles. The summed E-state index contributed by atoms with van der Waals surface area (Å²) in [5, 5.41) is 8.89. The Balaban J connectivity index is 3.11. The second-order valence-corrected chi connectivity index (χ2v) is 5.95. The van der Waals surface area contributed by atoms with Gasteiger partial charge in [-0.05, 0) is 18.9 Å². The molecule has 8 heteroatoms. The van der Waals surface area contributed by atoms with E-state index in [1.165, 1.54) is 6.92 Å². The van der Waals surface area contributed by atoms with Crippen LogP contribution in [0.2, 0.25) is 0 Å². The van der Waals surface area contributed by atoms with Gasteiger partial charge in [-0.3, -0.25) is 0 Å². The summed E-state index contributed by atoms with van der Waals surface area (Å²) in [6, 6.07) is -0.240. The second-order valence-electron chi connectivity index (χ2n) is 4.27. The Kier molecular flexibility index (Phi) is 4.94. The van der Waals surface area contributed by atoms with Gasteiger partial charge in [-0.25, -0.2) is 26.3 Å². The highest BCUT2D eigenvalue weighted by Gasteiger charge is 2.25. The number of nitrogens with one attached hydrogen (secondary N) is 1. The summed E-state index contributed by atoms with van der Waals surface area (Å²) in [7, 11) is -4.33. The monoisotopic (exact) mass is 297 g/mol. The van der Waals surface area contributed by atoms with Crippen LogP contribution in [0.15, 0.2) is 17.0 Å². The summed E-state index contributed by atoms with van der Waals surface area (Å²) >= 11 is 0. The smallest absolute Gasteiger partial charge is 0.243 e. The Morgan fingerprint density at radius 3 is 2.21 bits per heavy atom. The number of hydrogen-bond donors (Lipinski definition) is 2. The molecule has 1 aromatic rings. The molecule has 0 fully saturated rings. The molecule has 1 rings (SSSR count). The molecule has 0 radical (unpaired) electrons. The molecule has 1 aromatic carbocycles. The lowest BCUT2D eigenvalue weighted by molar-refractivity contribution is 0.216. The van der Waals surface area contributed by atoms with E-state index in [9.17, 15) is 21.6 Å². The fourth-order valence-electron chi connectivity index (χ4n) is 1.29. The van der Waals surface area contributed by atoms with Crippen molar-refractivity contribution in [2.24, 2.45) is 5.92 Å². The number of aliphatic hydroxyl groups excluding tert-OH is 1. The van der Waals surface area contributed by atoms with Crippen molar-refractivity contribution in [3.8, 4) is 0 Å². The van der Waals surface area contributed by atoms with E-state index < -0.39 is 44.3 Å². The average molecular weight is 297 g/mol. The highest BCUT2D eigenvalue weighted by molar-refractivity contribution is 7.89. The number of rotatable bonds is 5. The number of benzene rings is 1. The van der Waals surface area contributed by atoms with Crippen LogP contribution in [0.25, 0.3) is 0 Å². The Hall–Kier alpha value is -1.12. The van der Waals surface area contributed by atoms with Crippen molar-refractivity contribution in [1.82, 2.24) is 4.72 Å². The van der Waals surface area contributed by atoms with Gasteiger partial charge in [0.1, 0.15) is 10.7 Å². The van der Waals surface area contributed by atoms with Gasteiger partial charge in [-0.2, -0.15) is 0 Å². The number of hydrogen-bond acceptors (Lipinski definition) is 3. The minimum absolute atomic E-state index is 0.171. The highest BCUT2D eigenvalue weighted by atomic mass is 32.2. The van der Waals surface area contributed by atoms with Gasteiger partial charge < -0.3 is 5.11 Å². The Bertz CT molecular complexity index is 563. The van der Waals surface area contributed by atoms with Crippen LogP contribution in [0.4, 0.5) is 13.2 Å². The molecule has 0 bridgehead atoms. The van der Waals surface area contributed by atoms with Crippen LogP contribution in [-0.4, -0.2) is 26.2 Å².